The van der Waals surface area contributed by atoms with E-state index < -0.39 is 11.2 Å². The predicted octanol–water partition coefficient (Wildman–Crippen LogP) is 4.20. The van der Waals surface area contributed by atoms with E-state index in [9.17, 15) is 19.6 Å². The molecule has 12 heteroatoms. The van der Waals surface area contributed by atoms with Gasteiger partial charge in [0.05, 0.1) is 29.1 Å². The number of carbonyl (C=O) groups excluding carboxylic acids is 2. The number of carbonyl (C=O) groups is 2. The SMILES string of the molecule is Cn1nc(-c2ccc(C3=CCN(C(=O)CN4CC[C@]5(CCN(c6ccc7[nH]nc(-c8cccc(C#N)c8)c7c6)C5=O)C4)CC3)cc2)oc1=O. The average Bonchev–Trinajstić information content (AvgIpc) is 3.91. The minimum atomic E-state index is -0.501. The van der Waals surface area contributed by atoms with E-state index in [0.717, 1.165) is 58.2 Å². The second-order valence-electron chi connectivity index (χ2n) is 13.1. The van der Waals surface area contributed by atoms with Crippen molar-refractivity contribution in [3.05, 3.63) is 94.5 Å². The van der Waals surface area contributed by atoms with Gasteiger partial charge in [0.15, 0.2) is 0 Å². The molecule has 2 aromatic heterocycles. The van der Waals surface area contributed by atoms with Crippen molar-refractivity contribution in [2.75, 3.05) is 44.2 Å². The molecule has 1 spiro atoms. The monoisotopic (exact) mass is 654 g/mol. The lowest BCUT2D eigenvalue weighted by molar-refractivity contribution is -0.132. The molecule has 0 bridgehead atoms. The highest BCUT2D eigenvalue weighted by molar-refractivity contribution is 6.03. The molecule has 3 aromatic carbocycles. The Labute approximate surface area is 281 Å². The van der Waals surface area contributed by atoms with Gasteiger partial charge in [-0.15, -0.1) is 5.10 Å². The maximum Gasteiger partial charge on any atom is 0.437 e. The molecule has 12 nitrogen and oxygen atoms in total. The molecule has 8 rings (SSSR count). The van der Waals surface area contributed by atoms with Crippen LogP contribution < -0.4 is 10.7 Å². The van der Waals surface area contributed by atoms with Crippen LogP contribution >= 0.6 is 0 Å². The van der Waals surface area contributed by atoms with Gasteiger partial charge in [0, 0.05) is 55.4 Å². The Balaban J connectivity index is 0.897. The van der Waals surface area contributed by atoms with Gasteiger partial charge in [-0.2, -0.15) is 15.0 Å². The van der Waals surface area contributed by atoms with Crippen LogP contribution in [0.1, 0.15) is 30.4 Å². The summed E-state index contributed by atoms with van der Waals surface area (Å²) in [6.45, 7) is 3.38. The number of nitriles is 1. The number of amides is 2. The molecule has 0 unspecified atom stereocenters. The highest BCUT2D eigenvalue weighted by Crippen LogP contribution is 2.43. The van der Waals surface area contributed by atoms with E-state index >= 15 is 0 Å². The second kappa shape index (κ2) is 12.0. The van der Waals surface area contributed by atoms with E-state index in [0.29, 0.717) is 44.8 Å². The lowest BCUT2D eigenvalue weighted by Crippen LogP contribution is -2.43. The molecule has 0 radical (unpaired) electrons. The van der Waals surface area contributed by atoms with Crippen LogP contribution in [-0.4, -0.2) is 80.9 Å². The van der Waals surface area contributed by atoms with Crippen LogP contribution in [0.5, 0.6) is 0 Å². The van der Waals surface area contributed by atoms with Crippen molar-refractivity contribution >= 4 is 34.0 Å². The molecule has 5 aromatic rings. The Bertz CT molecular complexity index is 2240. The van der Waals surface area contributed by atoms with Gasteiger partial charge in [-0.25, -0.2) is 4.79 Å². The van der Waals surface area contributed by atoms with E-state index in [2.05, 4.69) is 32.3 Å². The standard InChI is InChI=1S/C37H34N8O4/c1-42-36(48)49-34(41-42)27-7-5-25(6-8-27)26-11-15-44(16-12-26)32(46)22-43-17-13-37(23-43)14-18-45(35(37)47)29-9-10-31-30(20-29)33(40-39-31)28-4-2-3-24(19-28)21-38/h2-11,19-20H,12-18,22-23H2,1H3,(H,39,40)/t37-/m0/s1. The molecule has 246 valence electrons. The Kier molecular flexibility index (Phi) is 7.49. The lowest BCUT2D eigenvalue weighted by Gasteiger charge is -2.29. The Morgan fingerprint density at radius 3 is 2.57 bits per heavy atom. The van der Waals surface area contributed by atoms with Gasteiger partial charge in [0.2, 0.25) is 17.7 Å². The second-order valence-corrected chi connectivity index (χ2v) is 13.1. The van der Waals surface area contributed by atoms with Gasteiger partial charge in [0.25, 0.3) is 0 Å². The fourth-order valence-corrected chi connectivity index (χ4v) is 7.40. The number of anilines is 1. The first kappa shape index (κ1) is 30.5. The zero-order valence-electron chi connectivity index (χ0n) is 27.1. The van der Waals surface area contributed by atoms with E-state index in [-0.39, 0.29) is 17.7 Å². The highest BCUT2D eigenvalue weighted by Gasteiger charge is 2.51. The first-order chi connectivity index (χ1) is 23.8. The van der Waals surface area contributed by atoms with Crippen molar-refractivity contribution in [3.63, 3.8) is 0 Å². The van der Waals surface area contributed by atoms with Crippen LogP contribution in [0.4, 0.5) is 5.69 Å². The minimum Gasteiger partial charge on any atom is -0.388 e. The number of aromatic nitrogens is 4. The summed E-state index contributed by atoms with van der Waals surface area (Å²) in [6, 6.07) is 23.2. The summed E-state index contributed by atoms with van der Waals surface area (Å²) in [6.07, 6.45) is 4.33. The van der Waals surface area contributed by atoms with E-state index in [4.69, 9.17) is 4.42 Å². The summed E-state index contributed by atoms with van der Waals surface area (Å²) in [5, 5.41) is 21.9. The number of nitrogens with one attached hydrogen (secondary N) is 1. The molecular weight excluding hydrogens is 620 g/mol. The number of benzene rings is 3. The fourth-order valence-electron chi connectivity index (χ4n) is 7.40. The first-order valence-corrected chi connectivity index (χ1v) is 16.4. The third-order valence-corrected chi connectivity index (χ3v) is 10.2. The summed E-state index contributed by atoms with van der Waals surface area (Å²) in [4.78, 5) is 44.9. The molecule has 3 aliphatic rings. The smallest absolute Gasteiger partial charge is 0.388 e. The van der Waals surface area contributed by atoms with Gasteiger partial charge >= 0.3 is 5.76 Å². The molecule has 0 aliphatic carbocycles. The maximum absolute atomic E-state index is 14.0. The predicted molar refractivity (Wildman–Crippen MR) is 183 cm³/mol. The fraction of sp³-hybridized carbons (Fsp3) is 0.297. The quantitative estimate of drug-likeness (QED) is 0.287. The molecule has 3 aliphatic heterocycles. The van der Waals surface area contributed by atoms with Crippen LogP contribution in [0.3, 0.4) is 0 Å². The lowest BCUT2D eigenvalue weighted by atomic mass is 9.85. The first-order valence-electron chi connectivity index (χ1n) is 16.4. The third-order valence-electron chi connectivity index (χ3n) is 10.2. The van der Waals surface area contributed by atoms with E-state index in [1.54, 1.807) is 13.1 Å². The van der Waals surface area contributed by atoms with Gasteiger partial charge < -0.3 is 14.2 Å². The maximum atomic E-state index is 14.0. The molecular formula is C37H34N8O4. The number of nitrogens with zero attached hydrogens (tertiary/aromatic N) is 7. The summed E-state index contributed by atoms with van der Waals surface area (Å²) in [5.41, 5.74) is 6.32. The van der Waals surface area contributed by atoms with Crippen LogP contribution in [0.2, 0.25) is 0 Å². The number of H-pyrrole nitrogens is 1. The molecule has 5 heterocycles. The van der Waals surface area contributed by atoms with Gasteiger partial charge in [-0.3, -0.25) is 19.6 Å². The van der Waals surface area contributed by atoms with Gasteiger partial charge in [-0.05, 0) is 79.4 Å². The summed E-state index contributed by atoms with van der Waals surface area (Å²) >= 11 is 0. The summed E-state index contributed by atoms with van der Waals surface area (Å²) < 4.78 is 6.35. The number of rotatable bonds is 6. The molecule has 1 atom stereocenters. The van der Waals surface area contributed by atoms with Crippen LogP contribution in [0, 0.1) is 16.7 Å². The summed E-state index contributed by atoms with van der Waals surface area (Å²) in [7, 11) is 1.55. The minimum absolute atomic E-state index is 0.0774. The number of aromatic amines is 1. The van der Waals surface area contributed by atoms with Crippen molar-refractivity contribution in [1.82, 2.24) is 29.8 Å². The number of hydrogen-bond donors (Lipinski definition) is 1. The largest absolute Gasteiger partial charge is 0.437 e. The van der Waals surface area contributed by atoms with Crippen molar-refractivity contribution in [3.8, 4) is 28.8 Å². The van der Waals surface area contributed by atoms with Crippen LogP contribution in [-0.2, 0) is 16.6 Å². The number of likely N-dealkylation sites (tertiary alicyclic amines) is 1. The van der Waals surface area contributed by atoms with Crippen molar-refractivity contribution < 1.29 is 14.0 Å². The molecule has 0 saturated carbocycles. The van der Waals surface area contributed by atoms with E-state index in [1.807, 2.05) is 70.5 Å². The van der Waals surface area contributed by atoms with Gasteiger partial charge in [0.1, 0.15) is 5.69 Å². The van der Waals surface area contributed by atoms with Crippen molar-refractivity contribution in [2.45, 2.75) is 19.3 Å². The third kappa shape index (κ3) is 5.52. The number of fused-ring (bicyclic) bond motifs is 1. The molecule has 49 heavy (non-hydrogen) atoms. The zero-order valence-corrected chi connectivity index (χ0v) is 27.1. The summed E-state index contributed by atoms with van der Waals surface area (Å²) in [5.74, 6) is -0.0263. The van der Waals surface area contributed by atoms with Crippen LogP contribution in [0.15, 0.2) is 82.0 Å². The highest BCUT2D eigenvalue weighted by atomic mass is 16.4. The van der Waals surface area contributed by atoms with Crippen LogP contribution in [0.25, 0.3) is 39.2 Å². The molecule has 2 amide bonds. The normalized spacial score (nSPS) is 19.6. The Morgan fingerprint density at radius 2 is 1.82 bits per heavy atom. The number of aryl methyl sites for hydroxylation is 1. The molecule has 2 fully saturated rings. The average molecular weight is 655 g/mol. The number of hydrogen-bond acceptors (Lipinski definition) is 8. The molecule has 1 N–H and O–H groups in total. The topological polar surface area (TPSA) is 144 Å². The Hall–Kier alpha value is -5.80. The Morgan fingerprint density at radius 1 is 1.00 bits per heavy atom. The molecule has 2 saturated heterocycles. The van der Waals surface area contributed by atoms with E-state index in [1.165, 1.54) is 10.3 Å². The van der Waals surface area contributed by atoms with Crippen molar-refractivity contribution in [1.29, 1.82) is 5.26 Å². The zero-order chi connectivity index (χ0) is 33.7. The van der Waals surface area contributed by atoms with Crippen molar-refractivity contribution in [2.24, 2.45) is 12.5 Å². The van der Waals surface area contributed by atoms with Gasteiger partial charge in [-0.1, -0.05) is 30.3 Å².